The number of ether oxygens (including phenoxy) is 1. The van der Waals surface area contributed by atoms with Crippen LogP contribution in [0.5, 0.6) is 0 Å². The third kappa shape index (κ3) is 9.57. The van der Waals surface area contributed by atoms with E-state index in [9.17, 15) is 0 Å². The molecule has 0 rings (SSSR count). The van der Waals surface area contributed by atoms with Crippen LogP contribution >= 0.6 is 0 Å². The topological polar surface area (TPSA) is 38.5 Å². The maximum Gasteiger partial charge on any atom is 0.0474 e. The van der Waals surface area contributed by atoms with Gasteiger partial charge in [0.15, 0.2) is 0 Å². The summed E-state index contributed by atoms with van der Waals surface area (Å²) < 4.78 is 5.06. The first-order valence-electron chi connectivity index (χ1n) is 6.99. The molecule has 0 aliphatic carbocycles. The zero-order valence-corrected chi connectivity index (χ0v) is 12.2. The summed E-state index contributed by atoms with van der Waals surface area (Å²) in [5.41, 5.74) is 5.66. The summed E-state index contributed by atoms with van der Waals surface area (Å²) in [7, 11) is 3.96. The van der Waals surface area contributed by atoms with Crippen molar-refractivity contribution in [3.8, 4) is 0 Å². The highest BCUT2D eigenvalue weighted by Crippen LogP contribution is 2.20. The van der Waals surface area contributed by atoms with Crippen LogP contribution in [0.2, 0.25) is 0 Å². The van der Waals surface area contributed by atoms with E-state index in [4.69, 9.17) is 10.5 Å². The Morgan fingerprint density at radius 3 is 2.29 bits per heavy atom. The van der Waals surface area contributed by atoms with Crippen LogP contribution in [0.3, 0.4) is 0 Å². The van der Waals surface area contributed by atoms with Crippen molar-refractivity contribution in [1.29, 1.82) is 0 Å². The van der Waals surface area contributed by atoms with E-state index in [-0.39, 0.29) is 0 Å². The predicted octanol–water partition coefficient (Wildman–Crippen LogP) is 2.36. The van der Waals surface area contributed by atoms with Crippen molar-refractivity contribution in [2.24, 2.45) is 17.6 Å². The van der Waals surface area contributed by atoms with Crippen molar-refractivity contribution in [3.05, 3.63) is 0 Å². The second-order valence-electron chi connectivity index (χ2n) is 5.37. The van der Waals surface area contributed by atoms with Crippen molar-refractivity contribution >= 4 is 0 Å². The number of rotatable bonds is 11. The quantitative estimate of drug-likeness (QED) is 0.567. The molecule has 0 bridgehead atoms. The van der Waals surface area contributed by atoms with E-state index in [1.54, 1.807) is 7.11 Å². The molecule has 3 heteroatoms. The fourth-order valence-corrected chi connectivity index (χ4v) is 2.24. The summed E-state index contributed by atoms with van der Waals surface area (Å²) in [5.74, 6) is 1.56. The lowest BCUT2D eigenvalue weighted by Gasteiger charge is -2.22. The van der Waals surface area contributed by atoms with E-state index in [1.807, 2.05) is 0 Å². The normalized spacial score (nSPS) is 13.6. The lowest BCUT2D eigenvalue weighted by atomic mass is 9.88. The number of methoxy groups -OCH3 is 1. The first-order chi connectivity index (χ1) is 8.11. The summed E-state index contributed by atoms with van der Waals surface area (Å²) in [4.78, 5) is 2.40. The Bertz CT molecular complexity index is 162. The molecule has 0 aromatic heterocycles. The number of nitrogens with two attached hydrogens (primary N) is 1. The van der Waals surface area contributed by atoms with E-state index >= 15 is 0 Å². The minimum absolute atomic E-state index is 0.761. The molecule has 1 atom stereocenters. The monoisotopic (exact) mass is 244 g/mol. The van der Waals surface area contributed by atoms with Gasteiger partial charge in [0, 0.05) is 20.3 Å². The highest BCUT2D eigenvalue weighted by molar-refractivity contribution is 4.65. The molecule has 0 aromatic carbocycles. The standard InChI is InChI=1S/C14H32N2O/c1-13(2)14(8-9-15)7-5-10-16(3)11-6-12-17-4/h13-14H,5-12,15H2,1-4H3. The third-order valence-electron chi connectivity index (χ3n) is 3.48. The first kappa shape index (κ1) is 16.9. The van der Waals surface area contributed by atoms with Crippen LogP contribution in [0.1, 0.15) is 39.5 Å². The molecule has 0 fully saturated rings. The summed E-state index contributed by atoms with van der Waals surface area (Å²) in [6.45, 7) is 8.64. The Balaban J connectivity index is 3.58. The smallest absolute Gasteiger partial charge is 0.0474 e. The van der Waals surface area contributed by atoms with Gasteiger partial charge in [-0.1, -0.05) is 13.8 Å². The van der Waals surface area contributed by atoms with Crippen molar-refractivity contribution in [1.82, 2.24) is 4.90 Å². The van der Waals surface area contributed by atoms with Gasteiger partial charge < -0.3 is 15.4 Å². The zero-order chi connectivity index (χ0) is 13.1. The molecule has 0 saturated carbocycles. The Morgan fingerprint density at radius 2 is 1.76 bits per heavy atom. The van der Waals surface area contributed by atoms with E-state index in [0.717, 1.165) is 38.0 Å². The molecular weight excluding hydrogens is 212 g/mol. The first-order valence-corrected chi connectivity index (χ1v) is 6.99. The number of nitrogens with zero attached hydrogens (tertiary/aromatic N) is 1. The van der Waals surface area contributed by atoms with Crippen LogP contribution < -0.4 is 5.73 Å². The van der Waals surface area contributed by atoms with E-state index < -0.39 is 0 Å². The van der Waals surface area contributed by atoms with Gasteiger partial charge in [0.25, 0.3) is 0 Å². The molecule has 104 valence electrons. The van der Waals surface area contributed by atoms with Gasteiger partial charge >= 0.3 is 0 Å². The van der Waals surface area contributed by atoms with Crippen LogP contribution in [0.25, 0.3) is 0 Å². The molecule has 0 heterocycles. The summed E-state index contributed by atoms with van der Waals surface area (Å²) in [6.07, 6.45) is 4.89. The van der Waals surface area contributed by atoms with E-state index in [0.29, 0.717) is 0 Å². The molecule has 1 unspecified atom stereocenters. The van der Waals surface area contributed by atoms with Crippen LogP contribution in [0.15, 0.2) is 0 Å². The lowest BCUT2D eigenvalue weighted by Crippen LogP contribution is -2.23. The fraction of sp³-hybridized carbons (Fsp3) is 1.00. The summed E-state index contributed by atoms with van der Waals surface area (Å²) in [6, 6.07) is 0. The molecule has 3 nitrogen and oxygen atoms in total. The Hall–Kier alpha value is -0.120. The van der Waals surface area contributed by atoms with E-state index in [1.165, 1.54) is 25.8 Å². The van der Waals surface area contributed by atoms with Crippen molar-refractivity contribution in [2.45, 2.75) is 39.5 Å². The van der Waals surface area contributed by atoms with Gasteiger partial charge in [0.1, 0.15) is 0 Å². The number of hydrogen-bond acceptors (Lipinski definition) is 3. The predicted molar refractivity (Wildman–Crippen MR) is 75.2 cm³/mol. The van der Waals surface area contributed by atoms with E-state index in [2.05, 4.69) is 25.8 Å². The molecule has 0 aliphatic heterocycles. The van der Waals surface area contributed by atoms with Crippen molar-refractivity contribution in [3.63, 3.8) is 0 Å². The van der Waals surface area contributed by atoms with Crippen LogP contribution in [0, 0.1) is 11.8 Å². The zero-order valence-electron chi connectivity index (χ0n) is 12.2. The molecule has 0 aliphatic rings. The van der Waals surface area contributed by atoms with Crippen molar-refractivity contribution in [2.75, 3.05) is 40.4 Å². The van der Waals surface area contributed by atoms with Gasteiger partial charge in [-0.25, -0.2) is 0 Å². The molecule has 17 heavy (non-hydrogen) atoms. The lowest BCUT2D eigenvalue weighted by molar-refractivity contribution is 0.177. The van der Waals surface area contributed by atoms with Crippen LogP contribution in [-0.2, 0) is 4.74 Å². The highest BCUT2D eigenvalue weighted by Gasteiger charge is 2.12. The molecule has 0 saturated heterocycles. The van der Waals surface area contributed by atoms with Gasteiger partial charge in [-0.2, -0.15) is 0 Å². The molecule has 0 radical (unpaired) electrons. The average Bonchev–Trinajstić information content (AvgIpc) is 2.28. The van der Waals surface area contributed by atoms with Crippen molar-refractivity contribution < 1.29 is 4.74 Å². The average molecular weight is 244 g/mol. The Labute approximate surface area is 108 Å². The largest absolute Gasteiger partial charge is 0.385 e. The molecule has 0 spiro atoms. The minimum Gasteiger partial charge on any atom is -0.385 e. The number of hydrogen-bond donors (Lipinski definition) is 1. The maximum atomic E-state index is 5.66. The van der Waals surface area contributed by atoms with Gasteiger partial charge in [0.2, 0.25) is 0 Å². The van der Waals surface area contributed by atoms with Gasteiger partial charge in [-0.15, -0.1) is 0 Å². The summed E-state index contributed by atoms with van der Waals surface area (Å²) in [5, 5.41) is 0. The fourth-order valence-electron chi connectivity index (χ4n) is 2.24. The second kappa shape index (κ2) is 11.0. The maximum absolute atomic E-state index is 5.66. The minimum atomic E-state index is 0.761. The molecule has 0 amide bonds. The van der Waals surface area contributed by atoms with Crippen LogP contribution in [-0.4, -0.2) is 45.3 Å². The summed E-state index contributed by atoms with van der Waals surface area (Å²) >= 11 is 0. The van der Waals surface area contributed by atoms with Gasteiger partial charge in [-0.3, -0.25) is 0 Å². The molecular formula is C14H32N2O. The Kier molecular flexibility index (Phi) is 10.9. The van der Waals surface area contributed by atoms with Gasteiger partial charge in [0.05, 0.1) is 0 Å². The second-order valence-corrected chi connectivity index (χ2v) is 5.37. The SMILES string of the molecule is COCCCN(C)CCCC(CCN)C(C)C. The highest BCUT2D eigenvalue weighted by atomic mass is 16.5. The Morgan fingerprint density at radius 1 is 1.12 bits per heavy atom. The van der Waals surface area contributed by atoms with Crippen LogP contribution in [0.4, 0.5) is 0 Å². The molecule has 2 N–H and O–H groups in total. The molecule has 0 aromatic rings. The van der Waals surface area contributed by atoms with Gasteiger partial charge in [-0.05, 0) is 57.7 Å². The third-order valence-corrected chi connectivity index (χ3v) is 3.48.